The Kier molecular flexibility index (Phi) is 16.4. The van der Waals surface area contributed by atoms with Gasteiger partial charge in [0.25, 0.3) is 0 Å². The zero-order valence-electron chi connectivity index (χ0n) is 39.9. The van der Waals surface area contributed by atoms with E-state index in [9.17, 15) is 9.59 Å². The van der Waals surface area contributed by atoms with Crippen LogP contribution < -0.4 is 36.9 Å². The Bertz CT molecular complexity index is 3300. The molecule has 0 unspecified atom stereocenters. The molecule has 2 aliphatic heterocycles. The van der Waals surface area contributed by atoms with E-state index in [0.717, 1.165) is 47.9 Å². The van der Waals surface area contributed by atoms with Crippen LogP contribution >= 0.6 is 69.6 Å². The first-order valence-corrected chi connectivity index (χ1v) is 26.3. The molecule has 5 aromatic heterocycles. The number of fused-ring (bicyclic) bond motifs is 2. The lowest BCUT2D eigenvalue weighted by Crippen LogP contribution is -2.69. The van der Waals surface area contributed by atoms with Crippen LogP contribution in [0.5, 0.6) is 11.5 Å². The van der Waals surface area contributed by atoms with E-state index in [1.54, 1.807) is 75.7 Å². The van der Waals surface area contributed by atoms with Crippen molar-refractivity contribution >= 4 is 93.6 Å². The molecule has 8 aliphatic rings. The minimum Gasteiger partial charge on any atom is -0.491 e. The van der Waals surface area contributed by atoms with Gasteiger partial charge in [-0.2, -0.15) is 10.2 Å². The molecule has 7 aromatic rings. The first kappa shape index (κ1) is 55.6. The number of rotatable bonds is 12. The SMILES string of the molecule is C.C.Nc1nc2c(c(-c3c(Cl)cc(Cl)cc3OCCn3cc(Cl)cn3)n1)CN(C(=O)NC13CC(C1)C3)C2.Nc1nc2c(c(-c3c(Cl)cc(Cl)cc3OCCn3cc(Cl)cn3)n1)CNC2.O=C(NC12CC(C1)C2)n1ccnc1. The van der Waals surface area contributed by atoms with Crippen LogP contribution in [0.15, 0.2) is 67.8 Å². The van der Waals surface area contributed by atoms with Gasteiger partial charge in [0.2, 0.25) is 11.9 Å². The predicted molar refractivity (Wildman–Crippen MR) is 297 cm³/mol. The van der Waals surface area contributed by atoms with E-state index in [1.165, 1.54) is 30.2 Å². The van der Waals surface area contributed by atoms with Gasteiger partial charge in [-0.3, -0.25) is 13.9 Å². The zero-order valence-corrected chi connectivity index (χ0v) is 44.4. The van der Waals surface area contributed by atoms with Gasteiger partial charge in [0, 0.05) is 70.1 Å². The number of amides is 3. The second-order valence-electron chi connectivity index (χ2n) is 19.6. The molecule has 0 radical (unpaired) electrons. The van der Waals surface area contributed by atoms with E-state index in [4.69, 9.17) is 90.5 Å². The Hall–Kier alpha value is -6.13. The summed E-state index contributed by atoms with van der Waals surface area (Å²) in [6.07, 6.45) is 18.1. The number of carbonyl (C=O) groups excluding carboxylic acids is 2. The van der Waals surface area contributed by atoms with Crippen molar-refractivity contribution in [1.29, 1.82) is 0 Å². The average Bonchev–Trinajstić information content (AvgIpc) is 4.25. The average molecular weight is 1170 g/mol. The third-order valence-electron chi connectivity index (χ3n) is 14.2. The molecular formula is C51H56Cl6N16O4. The van der Waals surface area contributed by atoms with Gasteiger partial charge in [-0.25, -0.2) is 34.5 Å². The van der Waals surface area contributed by atoms with E-state index in [0.29, 0.717) is 122 Å². The largest absolute Gasteiger partial charge is 0.491 e. The summed E-state index contributed by atoms with van der Waals surface area (Å²) in [4.78, 5) is 47.7. The third-order valence-corrected chi connectivity index (χ3v) is 15.6. The molecule has 6 aliphatic carbocycles. The number of imidazole rings is 1. The number of nitrogens with one attached hydrogen (secondary N) is 3. The quantitative estimate of drug-likeness (QED) is 0.0764. The fourth-order valence-electron chi connectivity index (χ4n) is 10.5. The normalized spacial score (nSPS) is 20.3. The summed E-state index contributed by atoms with van der Waals surface area (Å²) in [6, 6.07) is 6.55. The summed E-state index contributed by atoms with van der Waals surface area (Å²) in [5.41, 5.74) is 17.8. The molecule has 6 saturated carbocycles. The number of hydrogen-bond donors (Lipinski definition) is 5. The summed E-state index contributed by atoms with van der Waals surface area (Å²) in [5.74, 6) is 2.94. The first-order valence-electron chi connectivity index (χ1n) is 24.1. The summed E-state index contributed by atoms with van der Waals surface area (Å²) >= 11 is 37.4. The number of nitrogen functional groups attached to an aromatic ring is 2. The monoisotopic (exact) mass is 1170 g/mol. The maximum absolute atomic E-state index is 13.0. The molecule has 6 fully saturated rings. The van der Waals surface area contributed by atoms with Crippen molar-refractivity contribution in [1.82, 2.24) is 69.9 Å². The van der Waals surface area contributed by atoms with Crippen molar-refractivity contribution < 1.29 is 19.1 Å². The van der Waals surface area contributed by atoms with Gasteiger partial charge < -0.3 is 41.8 Å². The van der Waals surface area contributed by atoms with E-state index in [-0.39, 0.29) is 49.9 Å². The van der Waals surface area contributed by atoms with Crippen molar-refractivity contribution in [2.75, 3.05) is 24.7 Å². The Morgan fingerprint density at radius 2 is 1.16 bits per heavy atom. The number of benzene rings is 2. The van der Waals surface area contributed by atoms with E-state index >= 15 is 0 Å². The molecule has 0 atom stereocenters. The van der Waals surface area contributed by atoms with Crippen LogP contribution in [-0.4, -0.2) is 90.3 Å². The van der Waals surface area contributed by atoms with E-state index in [1.807, 2.05) is 0 Å². The van der Waals surface area contributed by atoms with Crippen molar-refractivity contribution in [3.8, 4) is 34.0 Å². The Balaban J connectivity index is 0.000000152. The second kappa shape index (κ2) is 22.7. The van der Waals surface area contributed by atoms with Crippen LogP contribution in [0.25, 0.3) is 22.5 Å². The molecular weight excluding hydrogens is 1110 g/mol. The lowest BCUT2D eigenvalue weighted by Gasteiger charge is -2.61. The summed E-state index contributed by atoms with van der Waals surface area (Å²) in [7, 11) is 0. The number of carbonyl (C=O) groups is 2. The van der Waals surface area contributed by atoms with Crippen molar-refractivity contribution in [3.05, 3.63) is 120 Å². The molecule has 2 aromatic carbocycles. The van der Waals surface area contributed by atoms with Gasteiger partial charge in [0.15, 0.2) is 0 Å². The van der Waals surface area contributed by atoms with Crippen molar-refractivity contribution in [2.24, 2.45) is 11.8 Å². The summed E-state index contributed by atoms with van der Waals surface area (Å²) in [6.45, 7) is 3.59. The molecule has 7 N–H and O–H groups in total. The fourth-order valence-corrected chi connectivity index (χ4v) is 11.9. The molecule has 3 amide bonds. The van der Waals surface area contributed by atoms with E-state index in [2.05, 4.69) is 51.1 Å². The highest BCUT2D eigenvalue weighted by Crippen LogP contribution is 2.58. The standard InChI is InChI=1S/C23H22Cl3N7O2.C17H15Cl3N6O.C9H11N3O.2CH4/c24-13-3-16(26)19(18(4-13)35-2-1-33-9-14(25)8-28-33)20-15-10-32(11-17(15)29-21(27)30-20)22(34)31-23-5-12(6-23)7-23;18-9-3-12(20)15(16-11-6-22-7-13(11)24-17(21)25-16)14(4-9)27-2-1-26-8-10(19)5-23-26;13-8(12-2-1-10-6-12)11-9-3-7(4-9)5-9;;/h3-4,8-9,12H,1-2,5-7,10-11H2,(H,31,34)(H2,27,29,30);3-5,8,22H,1-2,6-7H2,(H2,21,24,25);1-2,6-7H,3-5H2,(H,11,13);2*1H4. The number of aromatic nitrogens is 10. The number of anilines is 2. The maximum atomic E-state index is 13.0. The number of hydrogen-bond acceptors (Lipinski definition) is 14. The van der Waals surface area contributed by atoms with E-state index < -0.39 is 0 Å². The zero-order chi connectivity index (χ0) is 52.2. The number of nitrogens with zero attached hydrogens (tertiary/aromatic N) is 11. The Morgan fingerprint density at radius 1 is 0.649 bits per heavy atom. The van der Waals surface area contributed by atoms with Gasteiger partial charge in [-0.05, 0) is 74.6 Å². The van der Waals surface area contributed by atoms with Crippen molar-refractivity contribution in [3.63, 3.8) is 0 Å². The highest BCUT2D eigenvalue weighted by molar-refractivity contribution is 6.37. The van der Waals surface area contributed by atoms with Gasteiger partial charge in [0.1, 0.15) is 31.0 Å². The molecule has 0 saturated heterocycles. The van der Waals surface area contributed by atoms with Crippen LogP contribution in [0.3, 0.4) is 0 Å². The Labute approximate surface area is 474 Å². The number of nitrogens with two attached hydrogens (primary N) is 2. The molecule has 20 nitrogen and oxygen atoms in total. The molecule has 7 heterocycles. The minimum atomic E-state index is -0.0952. The number of halogens is 6. The number of ether oxygens (including phenoxy) is 2. The van der Waals surface area contributed by atoms with Gasteiger partial charge in [0.05, 0.1) is 92.6 Å². The molecule has 406 valence electrons. The van der Waals surface area contributed by atoms with Crippen molar-refractivity contribution in [2.45, 2.75) is 104 Å². The fraction of sp³-hybridized carbons (Fsp3) is 0.392. The molecule has 77 heavy (non-hydrogen) atoms. The van der Waals surface area contributed by atoms with Gasteiger partial charge in [-0.15, -0.1) is 0 Å². The first-order chi connectivity index (χ1) is 36.1. The smallest absolute Gasteiger partial charge is 0.327 e. The number of urea groups is 1. The molecule has 15 rings (SSSR count). The second-order valence-corrected chi connectivity index (χ2v) is 22.1. The van der Waals surface area contributed by atoms with Crippen LogP contribution in [0.2, 0.25) is 30.1 Å². The highest BCUT2D eigenvalue weighted by Gasteiger charge is 2.58. The Morgan fingerprint density at radius 3 is 1.62 bits per heavy atom. The van der Waals surface area contributed by atoms with Crippen LogP contribution in [0.1, 0.15) is 75.9 Å². The van der Waals surface area contributed by atoms with Crippen LogP contribution in [0.4, 0.5) is 21.5 Å². The molecule has 0 spiro atoms. The maximum Gasteiger partial charge on any atom is 0.327 e. The van der Waals surface area contributed by atoms with Crippen LogP contribution in [0, 0.1) is 11.8 Å². The highest BCUT2D eigenvalue weighted by atomic mass is 35.5. The minimum absolute atomic E-state index is 0. The predicted octanol–water partition coefficient (Wildman–Crippen LogP) is 10.4. The topological polar surface area (TPSA) is 249 Å². The van der Waals surface area contributed by atoms with Gasteiger partial charge >= 0.3 is 12.1 Å². The van der Waals surface area contributed by atoms with Gasteiger partial charge in [-0.1, -0.05) is 84.5 Å². The molecule has 26 heteroatoms. The lowest BCUT2D eigenvalue weighted by atomic mass is 9.50. The summed E-state index contributed by atoms with van der Waals surface area (Å²) in [5, 5.41) is 20.6. The van der Waals surface area contributed by atoms with Crippen LogP contribution in [-0.2, 0) is 39.3 Å². The molecule has 4 bridgehead atoms. The third kappa shape index (κ3) is 11.8. The lowest BCUT2D eigenvalue weighted by molar-refractivity contribution is -0.0434. The summed E-state index contributed by atoms with van der Waals surface area (Å²) < 4.78 is 16.9.